The fraction of sp³-hybridized carbons (Fsp3) is 0.308. The molecule has 1 aromatic carbocycles. The highest BCUT2D eigenvalue weighted by Gasteiger charge is 2.18. The lowest BCUT2D eigenvalue weighted by Crippen LogP contribution is -2.33. The number of morpholine rings is 1. The molecule has 1 N–H and O–H groups in total. The van der Waals surface area contributed by atoms with E-state index in [0.29, 0.717) is 0 Å². The number of thiazole rings is 1. The molecule has 5 heteroatoms. The largest absolute Gasteiger partial charge is 0.369 e. The van der Waals surface area contributed by atoms with Crippen LogP contribution in [0.5, 0.6) is 0 Å². The van der Waals surface area contributed by atoms with Gasteiger partial charge in [-0.25, -0.2) is 4.98 Å². The number of halogens is 1. The summed E-state index contributed by atoms with van der Waals surface area (Å²) < 4.78 is 6.79. The van der Waals surface area contributed by atoms with Crippen LogP contribution in [0.2, 0.25) is 0 Å². The van der Waals surface area contributed by atoms with E-state index in [1.165, 1.54) is 0 Å². The lowest BCUT2D eigenvalue weighted by molar-refractivity contribution is 0.0254. The smallest absolute Gasteiger partial charge is 0.123 e. The Bertz CT molecular complexity index is 520. The van der Waals surface area contributed by atoms with E-state index in [4.69, 9.17) is 4.74 Å². The molecule has 3 nitrogen and oxygen atoms in total. The maximum absolute atomic E-state index is 5.71. The molecule has 0 bridgehead atoms. The highest BCUT2D eigenvalue weighted by molar-refractivity contribution is 9.10. The van der Waals surface area contributed by atoms with Crippen molar-refractivity contribution in [2.45, 2.75) is 6.10 Å². The van der Waals surface area contributed by atoms with Crippen LogP contribution in [-0.4, -0.2) is 24.7 Å². The van der Waals surface area contributed by atoms with Crippen LogP contribution in [0.25, 0.3) is 10.6 Å². The molecule has 2 aromatic rings. The fourth-order valence-corrected chi connectivity index (χ4v) is 3.05. The molecule has 0 aliphatic carbocycles. The van der Waals surface area contributed by atoms with Crippen LogP contribution in [0.4, 0.5) is 0 Å². The van der Waals surface area contributed by atoms with E-state index in [9.17, 15) is 0 Å². The Hall–Kier alpha value is -0.750. The van der Waals surface area contributed by atoms with Gasteiger partial charge in [0.2, 0.25) is 0 Å². The van der Waals surface area contributed by atoms with E-state index in [1.54, 1.807) is 11.3 Å². The maximum Gasteiger partial charge on any atom is 0.123 e. The summed E-state index contributed by atoms with van der Waals surface area (Å²) in [5.74, 6) is 0. The number of rotatable bonds is 2. The molecule has 0 amide bonds. The third kappa shape index (κ3) is 2.64. The van der Waals surface area contributed by atoms with Gasteiger partial charge in [0.25, 0.3) is 0 Å². The Morgan fingerprint density at radius 3 is 2.89 bits per heavy atom. The van der Waals surface area contributed by atoms with Gasteiger partial charge in [-0.05, 0) is 12.1 Å². The van der Waals surface area contributed by atoms with E-state index in [-0.39, 0.29) is 6.10 Å². The summed E-state index contributed by atoms with van der Waals surface area (Å²) in [6.07, 6.45) is 0.0965. The standard InChI is InChI=1S/C13H13BrN2OS/c14-10-3-1-9(2-4-10)13-16-11(8-18-13)12-7-15-5-6-17-12/h1-4,8,12,15H,5-7H2. The van der Waals surface area contributed by atoms with Crippen LogP contribution in [0, 0.1) is 0 Å². The quantitative estimate of drug-likeness (QED) is 0.920. The van der Waals surface area contributed by atoms with Crippen molar-refractivity contribution in [3.8, 4) is 10.6 Å². The Labute approximate surface area is 118 Å². The van der Waals surface area contributed by atoms with Crippen LogP contribution in [-0.2, 0) is 4.74 Å². The molecule has 1 aliphatic heterocycles. The minimum atomic E-state index is 0.0965. The first-order chi connectivity index (χ1) is 8.83. The number of benzene rings is 1. The second-order valence-electron chi connectivity index (χ2n) is 4.15. The van der Waals surface area contributed by atoms with Crippen LogP contribution in [0.3, 0.4) is 0 Å². The first kappa shape index (κ1) is 12.3. The molecule has 0 radical (unpaired) electrons. The van der Waals surface area contributed by atoms with Crippen LogP contribution in [0.15, 0.2) is 34.1 Å². The van der Waals surface area contributed by atoms with Gasteiger partial charge in [0.1, 0.15) is 11.1 Å². The zero-order valence-corrected chi connectivity index (χ0v) is 12.1. The average Bonchev–Trinajstić information content (AvgIpc) is 2.90. The Morgan fingerprint density at radius 1 is 1.33 bits per heavy atom. The molecule has 1 fully saturated rings. The molecule has 0 spiro atoms. The molecule has 94 valence electrons. The monoisotopic (exact) mass is 324 g/mol. The minimum absolute atomic E-state index is 0.0965. The van der Waals surface area contributed by atoms with Crippen molar-refractivity contribution in [2.75, 3.05) is 19.7 Å². The summed E-state index contributed by atoms with van der Waals surface area (Å²) in [5.41, 5.74) is 2.18. The molecule has 1 saturated heterocycles. The van der Waals surface area contributed by atoms with E-state index < -0.39 is 0 Å². The van der Waals surface area contributed by atoms with Crippen molar-refractivity contribution >= 4 is 27.3 Å². The molecule has 2 heterocycles. The van der Waals surface area contributed by atoms with E-state index in [0.717, 1.165) is 40.4 Å². The van der Waals surface area contributed by atoms with Crippen molar-refractivity contribution < 1.29 is 4.74 Å². The number of aromatic nitrogens is 1. The first-order valence-electron chi connectivity index (χ1n) is 5.86. The van der Waals surface area contributed by atoms with Gasteiger partial charge in [-0.2, -0.15) is 0 Å². The molecule has 1 aromatic heterocycles. The lowest BCUT2D eigenvalue weighted by Gasteiger charge is -2.21. The molecular formula is C13H13BrN2OS. The number of nitrogens with zero attached hydrogens (tertiary/aromatic N) is 1. The molecule has 1 atom stereocenters. The second kappa shape index (κ2) is 5.48. The summed E-state index contributed by atoms with van der Waals surface area (Å²) in [6, 6.07) is 8.23. The average molecular weight is 325 g/mol. The first-order valence-corrected chi connectivity index (χ1v) is 7.54. The predicted molar refractivity (Wildman–Crippen MR) is 76.8 cm³/mol. The van der Waals surface area contributed by atoms with Gasteiger partial charge in [-0.1, -0.05) is 28.1 Å². The fourth-order valence-electron chi connectivity index (χ4n) is 1.91. The van der Waals surface area contributed by atoms with Crippen LogP contribution >= 0.6 is 27.3 Å². The van der Waals surface area contributed by atoms with Crippen molar-refractivity contribution in [3.63, 3.8) is 0 Å². The van der Waals surface area contributed by atoms with Crippen molar-refractivity contribution in [3.05, 3.63) is 39.8 Å². The van der Waals surface area contributed by atoms with Gasteiger partial charge in [0.15, 0.2) is 0 Å². The van der Waals surface area contributed by atoms with Gasteiger partial charge >= 0.3 is 0 Å². The number of nitrogens with one attached hydrogen (secondary N) is 1. The SMILES string of the molecule is Brc1ccc(-c2nc(C3CNCCO3)cs2)cc1. The normalized spacial score (nSPS) is 19.9. The second-order valence-corrected chi connectivity index (χ2v) is 5.92. The molecule has 3 rings (SSSR count). The van der Waals surface area contributed by atoms with Gasteiger partial charge in [0.05, 0.1) is 12.3 Å². The maximum atomic E-state index is 5.71. The lowest BCUT2D eigenvalue weighted by atomic mass is 10.2. The molecule has 0 saturated carbocycles. The molecule has 1 unspecified atom stereocenters. The van der Waals surface area contributed by atoms with Crippen molar-refractivity contribution in [2.24, 2.45) is 0 Å². The Balaban J connectivity index is 1.82. The molecular weight excluding hydrogens is 312 g/mol. The van der Waals surface area contributed by atoms with Crippen LogP contribution < -0.4 is 5.32 Å². The topological polar surface area (TPSA) is 34.2 Å². The third-order valence-electron chi connectivity index (χ3n) is 2.87. The summed E-state index contributed by atoms with van der Waals surface area (Å²) in [4.78, 5) is 4.67. The van der Waals surface area contributed by atoms with Gasteiger partial charge in [0, 0.05) is 28.5 Å². The van der Waals surface area contributed by atoms with E-state index >= 15 is 0 Å². The Kier molecular flexibility index (Phi) is 3.75. The van der Waals surface area contributed by atoms with Gasteiger partial charge in [-0.15, -0.1) is 11.3 Å². The van der Waals surface area contributed by atoms with Crippen molar-refractivity contribution in [1.82, 2.24) is 10.3 Å². The highest BCUT2D eigenvalue weighted by Crippen LogP contribution is 2.28. The summed E-state index contributed by atoms with van der Waals surface area (Å²) in [6.45, 7) is 2.54. The van der Waals surface area contributed by atoms with Gasteiger partial charge < -0.3 is 10.1 Å². The number of hydrogen-bond donors (Lipinski definition) is 1. The summed E-state index contributed by atoms with van der Waals surface area (Å²) >= 11 is 5.11. The third-order valence-corrected chi connectivity index (χ3v) is 4.31. The van der Waals surface area contributed by atoms with Gasteiger partial charge in [-0.3, -0.25) is 0 Å². The highest BCUT2D eigenvalue weighted by atomic mass is 79.9. The van der Waals surface area contributed by atoms with Crippen molar-refractivity contribution in [1.29, 1.82) is 0 Å². The number of ether oxygens (including phenoxy) is 1. The predicted octanol–water partition coefficient (Wildman–Crippen LogP) is 3.23. The minimum Gasteiger partial charge on any atom is -0.369 e. The number of hydrogen-bond acceptors (Lipinski definition) is 4. The van der Waals surface area contributed by atoms with E-state index in [1.807, 2.05) is 12.1 Å². The summed E-state index contributed by atoms with van der Waals surface area (Å²) in [5, 5.41) is 6.46. The summed E-state index contributed by atoms with van der Waals surface area (Å²) in [7, 11) is 0. The van der Waals surface area contributed by atoms with Crippen LogP contribution in [0.1, 0.15) is 11.8 Å². The molecule has 18 heavy (non-hydrogen) atoms. The zero-order chi connectivity index (χ0) is 12.4. The van der Waals surface area contributed by atoms with E-state index in [2.05, 4.69) is 43.7 Å². The zero-order valence-electron chi connectivity index (χ0n) is 9.73. The molecule has 1 aliphatic rings. The Morgan fingerprint density at radius 2 is 2.17 bits per heavy atom.